The Kier molecular flexibility index (Phi) is 5.88. The Hall–Kier alpha value is -4.57. The molecule has 1 amide bonds. The number of methoxy groups -OCH3 is 2. The van der Waals surface area contributed by atoms with Crippen LogP contribution >= 0.6 is 11.3 Å². The Morgan fingerprint density at radius 1 is 0.974 bits per heavy atom. The van der Waals surface area contributed by atoms with Crippen LogP contribution in [0.1, 0.15) is 17.2 Å². The Morgan fingerprint density at radius 3 is 2.53 bits per heavy atom. The van der Waals surface area contributed by atoms with Gasteiger partial charge < -0.3 is 24.1 Å². The van der Waals surface area contributed by atoms with Crippen LogP contribution in [-0.2, 0) is 9.59 Å². The van der Waals surface area contributed by atoms with E-state index in [0.29, 0.717) is 58.0 Å². The molecule has 1 N–H and O–H groups in total. The van der Waals surface area contributed by atoms with E-state index < -0.39 is 17.7 Å². The second-order valence-electron chi connectivity index (χ2n) is 8.63. The van der Waals surface area contributed by atoms with E-state index in [2.05, 4.69) is 4.98 Å². The third-order valence-electron chi connectivity index (χ3n) is 6.46. The first-order valence-electron chi connectivity index (χ1n) is 11.8. The quantitative estimate of drug-likeness (QED) is 0.225. The van der Waals surface area contributed by atoms with Gasteiger partial charge in [-0.3, -0.25) is 14.5 Å². The number of nitrogens with zero attached hydrogens (tertiary/aromatic N) is 2. The fraction of sp³-hybridized carbons (Fsp3) is 0.179. The number of hydrogen-bond donors (Lipinski definition) is 1. The molecule has 0 unspecified atom stereocenters. The van der Waals surface area contributed by atoms with Gasteiger partial charge in [0.2, 0.25) is 0 Å². The first-order chi connectivity index (χ1) is 18.5. The highest BCUT2D eigenvalue weighted by molar-refractivity contribution is 7.22. The standard InChI is InChI=1S/C28H22N2O7S/c1-34-17-5-3-4-15(12-17)24-23(25(31)16-6-9-20-21(13-16)37-11-10-36-20)26(32)27(33)30(24)28-29-19-8-7-18(35-2)14-22(19)38-28/h3-9,12-14,24,31H,10-11H2,1-2H3/b25-23+/t24-/m0/s1. The maximum Gasteiger partial charge on any atom is 0.301 e. The van der Waals surface area contributed by atoms with Crippen molar-refractivity contribution in [3.8, 4) is 23.0 Å². The van der Waals surface area contributed by atoms with Crippen LogP contribution in [0.3, 0.4) is 0 Å². The van der Waals surface area contributed by atoms with E-state index in [9.17, 15) is 14.7 Å². The molecule has 38 heavy (non-hydrogen) atoms. The number of Topliss-reactive ketones (excluding diaryl/α,β-unsaturated/α-hetero) is 1. The molecule has 1 saturated heterocycles. The Balaban J connectivity index is 1.54. The first kappa shape index (κ1) is 23.8. The van der Waals surface area contributed by atoms with E-state index in [-0.39, 0.29) is 11.3 Å². The van der Waals surface area contributed by atoms with Gasteiger partial charge in [-0.2, -0.15) is 0 Å². The number of carbonyl (C=O) groups excluding carboxylic acids is 2. The van der Waals surface area contributed by atoms with Crippen LogP contribution in [-0.4, -0.2) is 49.2 Å². The highest BCUT2D eigenvalue weighted by Crippen LogP contribution is 2.45. The number of hydrogen-bond acceptors (Lipinski definition) is 9. The summed E-state index contributed by atoms with van der Waals surface area (Å²) in [6.45, 7) is 0.793. The first-order valence-corrected chi connectivity index (χ1v) is 12.6. The fourth-order valence-electron chi connectivity index (χ4n) is 4.63. The number of amides is 1. The Bertz CT molecular complexity index is 1630. The van der Waals surface area contributed by atoms with Gasteiger partial charge in [0.15, 0.2) is 16.6 Å². The molecule has 0 radical (unpaired) electrons. The minimum absolute atomic E-state index is 0.0585. The molecule has 1 aromatic heterocycles. The van der Waals surface area contributed by atoms with Crippen molar-refractivity contribution in [3.63, 3.8) is 0 Å². The van der Waals surface area contributed by atoms with E-state index in [1.165, 1.54) is 23.3 Å². The lowest BCUT2D eigenvalue weighted by atomic mass is 9.95. The van der Waals surface area contributed by atoms with Crippen molar-refractivity contribution < 1.29 is 33.6 Å². The molecule has 10 heteroatoms. The minimum atomic E-state index is -0.944. The van der Waals surface area contributed by atoms with Crippen LogP contribution in [0.25, 0.3) is 16.0 Å². The van der Waals surface area contributed by atoms with E-state index in [1.807, 2.05) is 6.07 Å². The molecule has 6 rings (SSSR count). The molecule has 9 nitrogen and oxygen atoms in total. The van der Waals surface area contributed by atoms with E-state index in [4.69, 9.17) is 18.9 Å². The maximum absolute atomic E-state index is 13.5. The predicted molar refractivity (Wildman–Crippen MR) is 141 cm³/mol. The summed E-state index contributed by atoms with van der Waals surface area (Å²) in [7, 11) is 3.11. The molecule has 4 aromatic rings. The maximum atomic E-state index is 13.5. The molecule has 192 valence electrons. The fourth-order valence-corrected chi connectivity index (χ4v) is 5.65. The van der Waals surface area contributed by atoms with Gasteiger partial charge in [-0.05, 0) is 54.1 Å². The number of ether oxygens (including phenoxy) is 4. The van der Waals surface area contributed by atoms with Crippen molar-refractivity contribution in [3.05, 3.63) is 77.4 Å². The number of aliphatic hydroxyl groups is 1. The molecule has 0 bridgehead atoms. The number of benzene rings is 3. The summed E-state index contributed by atoms with van der Waals surface area (Å²) in [5.41, 5.74) is 1.51. The molecule has 2 aliphatic heterocycles. The zero-order valence-corrected chi connectivity index (χ0v) is 21.3. The van der Waals surface area contributed by atoms with Crippen LogP contribution in [0, 0.1) is 0 Å². The normalized spacial score (nSPS) is 18.2. The lowest BCUT2D eigenvalue weighted by Gasteiger charge is -2.23. The van der Waals surface area contributed by atoms with Crippen LogP contribution in [0.15, 0.2) is 66.2 Å². The van der Waals surface area contributed by atoms with E-state index >= 15 is 0 Å². The van der Waals surface area contributed by atoms with Gasteiger partial charge in [0.25, 0.3) is 5.78 Å². The molecule has 1 fully saturated rings. The molecule has 3 aromatic carbocycles. The van der Waals surface area contributed by atoms with Crippen LogP contribution in [0.2, 0.25) is 0 Å². The minimum Gasteiger partial charge on any atom is -0.507 e. The third-order valence-corrected chi connectivity index (χ3v) is 7.48. The monoisotopic (exact) mass is 530 g/mol. The van der Waals surface area contributed by atoms with Gasteiger partial charge >= 0.3 is 5.91 Å². The summed E-state index contributed by atoms with van der Waals surface area (Å²) < 4.78 is 22.7. The average Bonchev–Trinajstić information content (AvgIpc) is 3.49. The van der Waals surface area contributed by atoms with Crippen molar-refractivity contribution in [2.24, 2.45) is 0 Å². The highest BCUT2D eigenvalue weighted by atomic mass is 32.1. The zero-order valence-electron chi connectivity index (χ0n) is 20.5. The average molecular weight is 531 g/mol. The number of rotatable bonds is 5. The van der Waals surface area contributed by atoms with E-state index in [0.717, 1.165) is 4.70 Å². The van der Waals surface area contributed by atoms with Gasteiger partial charge in [-0.15, -0.1) is 0 Å². The van der Waals surface area contributed by atoms with Gasteiger partial charge in [0.05, 0.1) is 36.1 Å². The molecular formula is C28H22N2O7S. The second kappa shape index (κ2) is 9.38. The lowest BCUT2D eigenvalue weighted by Crippen LogP contribution is -2.29. The molecule has 0 aliphatic carbocycles. The molecular weight excluding hydrogens is 508 g/mol. The molecule has 3 heterocycles. The van der Waals surface area contributed by atoms with Crippen LogP contribution in [0.5, 0.6) is 23.0 Å². The van der Waals surface area contributed by atoms with E-state index in [1.54, 1.807) is 61.7 Å². The lowest BCUT2D eigenvalue weighted by molar-refractivity contribution is -0.132. The molecule has 2 aliphatic rings. The topological polar surface area (TPSA) is 107 Å². The zero-order chi connectivity index (χ0) is 26.4. The number of aliphatic hydroxyl groups excluding tert-OH is 1. The van der Waals surface area contributed by atoms with Crippen molar-refractivity contribution in [1.29, 1.82) is 0 Å². The smallest absolute Gasteiger partial charge is 0.301 e. The van der Waals surface area contributed by atoms with Gasteiger partial charge in [0, 0.05) is 5.56 Å². The summed E-state index contributed by atoms with van der Waals surface area (Å²) in [5, 5.41) is 11.8. The summed E-state index contributed by atoms with van der Waals surface area (Å²) in [5.74, 6) is 0.262. The summed E-state index contributed by atoms with van der Waals surface area (Å²) in [6, 6.07) is 16.4. The number of anilines is 1. The Labute approximate surface area is 221 Å². The predicted octanol–water partition coefficient (Wildman–Crippen LogP) is 4.71. The summed E-state index contributed by atoms with van der Waals surface area (Å²) in [4.78, 5) is 33.0. The number of carbonyl (C=O) groups is 2. The van der Waals surface area contributed by atoms with Crippen molar-refractivity contribution >= 4 is 44.1 Å². The highest BCUT2D eigenvalue weighted by Gasteiger charge is 2.48. The second-order valence-corrected chi connectivity index (χ2v) is 9.64. The van der Waals surface area contributed by atoms with Crippen molar-refractivity contribution in [2.45, 2.75) is 6.04 Å². The van der Waals surface area contributed by atoms with Gasteiger partial charge in [0.1, 0.15) is 30.5 Å². The SMILES string of the molecule is COc1cccc([C@H]2/C(=C(\O)c3ccc4c(c3)OCCO4)C(=O)C(=O)N2c2nc3ccc(OC)cc3s2)c1. The van der Waals surface area contributed by atoms with Gasteiger partial charge in [-0.1, -0.05) is 23.5 Å². The van der Waals surface area contributed by atoms with Crippen LogP contribution < -0.4 is 23.8 Å². The van der Waals surface area contributed by atoms with Crippen molar-refractivity contribution in [1.82, 2.24) is 4.98 Å². The summed E-state index contributed by atoms with van der Waals surface area (Å²) in [6.07, 6.45) is 0. The van der Waals surface area contributed by atoms with Crippen LogP contribution in [0.4, 0.5) is 5.13 Å². The largest absolute Gasteiger partial charge is 0.507 e. The van der Waals surface area contributed by atoms with Gasteiger partial charge in [-0.25, -0.2) is 4.98 Å². The number of aromatic nitrogens is 1. The van der Waals surface area contributed by atoms with Crippen molar-refractivity contribution in [2.75, 3.05) is 32.3 Å². The summed E-state index contributed by atoms with van der Waals surface area (Å²) >= 11 is 1.26. The number of fused-ring (bicyclic) bond motifs is 2. The number of thiazole rings is 1. The number of ketones is 1. The molecule has 1 atom stereocenters. The molecule has 0 spiro atoms. The molecule has 0 saturated carbocycles. The third kappa shape index (κ3) is 3.90. The Morgan fingerprint density at radius 2 is 1.74 bits per heavy atom.